The first-order chi connectivity index (χ1) is 17.5. The Morgan fingerprint density at radius 1 is 1.06 bits per heavy atom. The molecule has 3 aromatic carbocycles. The number of hydrogen-bond acceptors (Lipinski definition) is 8. The Balaban J connectivity index is 1.62. The number of hydrogen-bond donors (Lipinski definition) is 0. The van der Waals surface area contributed by atoms with Crippen molar-refractivity contribution in [1.82, 2.24) is 4.98 Å². The van der Waals surface area contributed by atoms with Crippen LogP contribution in [0.3, 0.4) is 0 Å². The maximum Gasteiger partial charge on any atom is 0.281 e. The van der Waals surface area contributed by atoms with Crippen molar-refractivity contribution in [2.45, 2.75) is 6.92 Å². The van der Waals surface area contributed by atoms with Crippen LogP contribution in [-0.2, 0) is 0 Å². The molecule has 1 amide bonds. The molecule has 9 heteroatoms. The summed E-state index contributed by atoms with van der Waals surface area (Å²) in [5.74, 6) is 0.442. The van der Waals surface area contributed by atoms with Crippen LogP contribution in [0.25, 0.3) is 21.2 Å². The molecular formula is C27H21N3O5S. The summed E-state index contributed by atoms with van der Waals surface area (Å²) < 4.78 is 17.1. The van der Waals surface area contributed by atoms with Crippen molar-refractivity contribution in [1.29, 1.82) is 0 Å². The summed E-state index contributed by atoms with van der Waals surface area (Å²) in [5.41, 5.74) is 2.51. The van der Waals surface area contributed by atoms with Crippen LogP contribution in [0, 0.1) is 6.92 Å². The van der Waals surface area contributed by atoms with E-state index >= 15 is 0 Å². The molecule has 0 aliphatic carbocycles. The number of amides is 1. The molecule has 2 heterocycles. The molecule has 0 aliphatic heterocycles. The first kappa shape index (κ1) is 23.3. The van der Waals surface area contributed by atoms with E-state index in [4.69, 9.17) is 13.9 Å². The maximum absolute atomic E-state index is 13.7. The highest BCUT2D eigenvalue weighted by atomic mass is 32.1. The Hall–Kier alpha value is -4.50. The van der Waals surface area contributed by atoms with E-state index in [1.165, 1.54) is 43.0 Å². The molecule has 36 heavy (non-hydrogen) atoms. The SMILES string of the molecule is COc1cc(OC)cc(C(=O)N(/N=C/c2coc3ccccc3c2=O)c2nc3ccc(C)cc3s2)c1. The summed E-state index contributed by atoms with van der Waals surface area (Å²) in [5, 5.41) is 6.35. The Morgan fingerprint density at radius 2 is 1.81 bits per heavy atom. The number of carbonyl (C=O) groups is 1. The van der Waals surface area contributed by atoms with Crippen molar-refractivity contribution in [3.63, 3.8) is 0 Å². The number of ether oxygens (including phenoxy) is 2. The molecule has 5 aromatic rings. The van der Waals surface area contributed by atoms with Gasteiger partial charge in [0.05, 0.1) is 41.6 Å². The van der Waals surface area contributed by atoms with Crippen molar-refractivity contribution in [2.24, 2.45) is 5.10 Å². The summed E-state index contributed by atoms with van der Waals surface area (Å²) >= 11 is 1.32. The van der Waals surface area contributed by atoms with E-state index in [1.807, 2.05) is 25.1 Å². The van der Waals surface area contributed by atoms with Crippen molar-refractivity contribution in [3.05, 3.63) is 93.8 Å². The van der Waals surface area contributed by atoms with E-state index in [2.05, 4.69) is 10.1 Å². The van der Waals surface area contributed by atoms with E-state index in [1.54, 1.807) is 42.5 Å². The minimum Gasteiger partial charge on any atom is -0.497 e. The normalized spacial score (nSPS) is 11.3. The molecule has 0 spiro atoms. The Bertz CT molecular complexity index is 1670. The molecule has 5 rings (SSSR count). The van der Waals surface area contributed by atoms with E-state index in [0.717, 1.165) is 15.8 Å². The molecule has 180 valence electrons. The van der Waals surface area contributed by atoms with Crippen LogP contribution in [0.2, 0.25) is 0 Å². The molecule has 0 N–H and O–H groups in total. The summed E-state index contributed by atoms with van der Waals surface area (Å²) in [7, 11) is 3.02. The van der Waals surface area contributed by atoms with Crippen molar-refractivity contribution in [2.75, 3.05) is 19.2 Å². The zero-order chi connectivity index (χ0) is 25.2. The number of methoxy groups -OCH3 is 2. The highest BCUT2D eigenvalue weighted by molar-refractivity contribution is 7.22. The standard InChI is InChI=1S/C27H21N3O5S/c1-16-8-9-22-24(10-16)36-27(29-22)30(26(32)17-11-19(33-2)13-20(12-17)34-3)28-14-18-15-35-23-7-5-4-6-21(23)25(18)31/h4-15H,1-3H3/b28-14+. The molecule has 0 radical (unpaired) electrons. The number of benzene rings is 3. The van der Waals surface area contributed by atoms with Gasteiger partial charge in [-0.2, -0.15) is 10.1 Å². The van der Waals surface area contributed by atoms with Crippen LogP contribution in [0.1, 0.15) is 21.5 Å². The van der Waals surface area contributed by atoms with Gasteiger partial charge < -0.3 is 13.9 Å². The van der Waals surface area contributed by atoms with E-state index < -0.39 is 5.91 Å². The maximum atomic E-state index is 13.7. The molecule has 8 nitrogen and oxygen atoms in total. The highest BCUT2D eigenvalue weighted by Crippen LogP contribution is 2.32. The number of aryl methyl sites for hydroxylation is 1. The average Bonchev–Trinajstić information content (AvgIpc) is 3.32. The van der Waals surface area contributed by atoms with Crippen LogP contribution < -0.4 is 19.9 Å². The minimum absolute atomic E-state index is 0.201. The van der Waals surface area contributed by atoms with Crippen LogP contribution in [0.15, 0.2) is 81.2 Å². The second kappa shape index (κ2) is 9.63. The van der Waals surface area contributed by atoms with Gasteiger partial charge in [0, 0.05) is 11.6 Å². The lowest BCUT2D eigenvalue weighted by molar-refractivity contribution is 0.0987. The Kier molecular flexibility index (Phi) is 6.22. The van der Waals surface area contributed by atoms with Crippen molar-refractivity contribution >= 4 is 49.8 Å². The molecule has 0 saturated heterocycles. The molecule has 0 aliphatic rings. The van der Waals surface area contributed by atoms with Gasteiger partial charge in [-0.1, -0.05) is 29.5 Å². The fraction of sp³-hybridized carbons (Fsp3) is 0.111. The monoisotopic (exact) mass is 499 g/mol. The number of nitrogens with zero attached hydrogens (tertiary/aromatic N) is 3. The fourth-order valence-electron chi connectivity index (χ4n) is 3.65. The third-order valence-corrected chi connectivity index (χ3v) is 6.52. The first-order valence-electron chi connectivity index (χ1n) is 11.0. The predicted octanol–water partition coefficient (Wildman–Crippen LogP) is 5.41. The second-order valence-electron chi connectivity index (χ2n) is 7.95. The van der Waals surface area contributed by atoms with Crippen molar-refractivity contribution in [3.8, 4) is 11.5 Å². The fourth-order valence-corrected chi connectivity index (χ4v) is 4.67. The van der Waals surface area contributed by atoms with Gasteiger partial charge in [-0.25, -0.2) is 4.98 Å². The summed E-state index contributed by atoms with van der Waals surface area (Å²) in [6, 6.07) is 17.6. The van der Waals surface area contributed by atoms with Gasteiger partial charge in [0.1, 0.15) is 23.3 Å². The van der Waals surface area contributed by atoms with Crippen molar-refractivity contribution < 1.29 is 18.7 Å². The topological polar surface area (TPSA) is 94.2 Å². The number of hydrazone groups is 1. The minimum atomic E-state index is -0.468. The number of anilines is 1. The number of carbonyl (C=O) groups excluding carboxylic acids is 1. The Morgan fingerprint density at radius 3 is 2.56 bits per heavy atom. The van der Waals surface area contributed by atoms with Gasteiger partial charge in [-0.05, 0) is 48.9 Å². The molecule has 2 aromatic heterocycles. The lowest BCUT2D eigenvalue weighted by atomic mass is 10.2. The van der Waals surface area contributed by atoms with Crippen LogP contribution in [0.5, 0.6) is 11.5 Å². The second-order valence-corrected chi connectivity index (χ2v) is 8.96. The van der Waals surface area contributed by atoms with Crippen LogP contribution in [-0.4, -0.2) is 31.3 Å². The molecular weight excluding hydrogens is 478 g/mol. The summed E-state index contributed by atoms with van der Waals surface area (Å²) in [6.45, 7) is 1.99. The lowest BCUT2D eigenvalue weighted by Gasteiger charge is -2.15. The first-order valence-corrected chi connectivity index (χ1v) is 11.8. The van der Waals surface area contributed by atoms with Gasteiger partial charge in [0.2, 0.25) is 10.6 Å². The largest absolute Gasteiger partial charge is 0.497 e. The predicted molar refractivity (Wildman–Crippen MR) is 141 cm³/mol. The van der Waals surface area contributed by atoms with Gasteiger partial charge in [0.25, 0.3) is 5.91 Å². The molecule has 0 atom stereocenters. The number of thiazole rings is 1. The van der Waals surface area contributed by atoms with Crippen LogP contribution in [0.4, 0.5) is 5.13 Å². The summed E-state index contributed by atoms with van der Waals surface area (Å²) in [4.78, 5) is 31.3. The molecule has 0 unspecified atom stereocenters. The number of rotatable bonds is 6. The number of para-hydroxylation sites is 1. The van der Waals surface area contributed by atoms with Gasteiger partial charge >= 0.3 is 0 Å². The van der Waals surface area contributed by atoms with E-state index in [9.17, 15) is 9.59 Å². The third kappa shape index (κ3) is 4.44. The molecule has 0 saturated carbocycles. The average molecular weight is 500 g/mol. The zero-order valence-electron chi connectivity index (χ0n) is 19.7. The summed E-state index contributed by atoms with van der Waals surface area (Å²) in [6.07, 6.45) is 2.64. The lowest BCUT2D eigenvalue weighted by Crippen LogP contribution is -2.26. The number of aromatic nitrogens is 1. The smallest absolute Gasteiger partial charge is 0.281 e. The quantitative estimate of drug-likeness (QED) is 0.229. The highest BCUT2D eigenvalue weighted by Gasteiger charge is 2.23. The van der Waals surface area contributed by atoms with Gasteiger partial charge in [0.15, 0.2) is 0 Å². The van der Waals surface area contributed by atoms with Gasteiger partial charge in [-0.15, -0.1) is 0 Å². The molecule has 0 bridgehead atoms. The number of fused-ring (bicyclic) bond motifs is 2. The third-order valence-electron chi connectivity index (χ3n) is 5.52. The van der Waals surface area contributed by atoms with E-state index in [0.29, 0.717) is 27.6 Å². The van der Waals surface area contributed by atoms with Gasteiger partial charge in [-0.3, -0.25) is 9.59 Å². The Labute approximate surface area is 210 Å². The van der Waals surface area contributed by atoms with E-state index in [-0.39, 0.29) is 16.6 Å². The zero-order valence-corrected chi connectivity index (χ0v) is 20.5. The molecule has 0 fully saturated rings. The van der Waals surface area contributed by atoms with Crippen LogP contribution >= 0.6 is 11.3 Å².